The van der Waals surface area contributed by atoms with Gasteiger partial charge < -0.3 is 24.9 Å². The second kappa shape index (κ2) is 4.54. The molecular formula is C5H12O9P2. The summed E-state index contributed by atoms with van der Waals surface area (Å²) in [5, 5.41) is 17.9. The fraction of sp³-hybridized carbons (Fsp3) is 0.800. The molecule has 9 nitrogen and oxygen atoms in total. The first-order valence-corrected chi connectivity index (χ1v) is 7.03. The van der Waals surface area contributed by atoms with Crippen molar-refractivity contribution in [2.45, 2.75) is 25.1 Å². The Bertz CT molecular complexity index is 368. The molecule has 0 saturated heterocycles. The van der Waals surface area contributed by atoms with Gasteiger partial charge in [0.2, 0.25) is 0 Å². The van der Waals surface area contributed by atoms with Crippen LogP contribution in [0.5, 0.6) is 0 Å². The third-order valence-electron chi connectivity index (χ3n) is 1.96. The number of carboxylic acid groups (broad SMARTS) is 1. The molecule has 0 amide bonds. The summed E-state index contributed by atoms with van der Waals surface area (Å²) in [4.78, 5) is 36.3. The molecule has 0 fully saturated rings. The van der Waals surface area contributed by atoms with Crippen LogP contribution in [0, 0.1) is 0 Å². The molecule has 0 bridgehead atoms. The predicted molar refractivity (Wildman–Crippen MR) is 50.7 cm³/mol. The van der Waals surface area contributed by atoms with E-state index < -0.39 is 32.6 Å². The maximum Gasteiger partial charge on any atom is 0.476 e. The van der Waals surface area contributed by atoms with Crippen LogP contribution in [0.15, 0.2) is 0 Å². The summed E-state index contributed by atoms with van der Waals surface area (Å²) in [6.45, 7) is 1.54. The van der Waals surface area contributed by atoms with Gasteiger partial charge in [-0.05, 0) is 13.8 Å². The Balaban J connectivity index is 5.13. The first-order valence-electron chi connectivity index (χ1n) is 3.86. The summed E-state index contributed by atoms with van der Waals surface area (Å²) in [5.41, 5.74) is -4.57. The van der Waals surface area contributed by atoms with Gasteiger partial charge in [0.1, 0.15) is 0 Å². The van der Waals surface area contributed by atoms with E-state index in [2.05, 4.69) is 4.31 Å². The lowest BCUT2D eigenvalue weighted by molar-refractivity contribution is -0.156. The molecule has 0 aromatic heterocycles. The number of rotatable bonds is 5. The Hall–Kier alpha value is -0.270. The lowest BCUT2D eigenvalue weighted by Gasteiger charge is -2.28. The molecule has 5 N–H and O–H groups in total. The molecule has 0 radical (unpaired) electrons. The molecule has 0 saturated carbocycles. The Kier molecular flexibility index (Phi) is 4.46. The highest BCUT2D eigenvalue weighted by molar-refractivity contribution is 7.64. The van der Waals surface area contributed by atoms with Gasteiger partial charge in [-0.3, -0.25) is 4.57 Å². The monoisotopic (exact) mass is 278 g/mol. The van der Waals surface area contributed by atoms with Gasteiger partial charge in [0.05, 0.1) is 5.66 Å². The number of carbonyl (C=O) groups is 1. The molecule has 0 aliphatic rings. The van der Waals surface area contributed by atoms with E-state index in [1.807, 2.05) is 0 Å². The van der Waals surface area contributed by atoms with Crippen molar-refractivity contribution in [3.05, 3.63) is 0 Å². The maximum atomic E-state index is 11.3. The second-order valence-corrected chi connectivity index (χ2v) is 6.80. The highest BCUT2D eigenvalue weighted by Crippen LogP contribution is 2.61. The van der Waals surface area contributed by atoms with Crippen molar-refractivity contribution in [2.75, 3.05) is 0 Å². The van der Waals surface area contributed by atoms with E-state index in [0.717, 1.165) is 6.92 Å². The molecule has 96 valence electrons. The van der Waals surface area contributed by atoms with E-state index in [9.17, 15) is 19.0 Å². The van der Waals surface area contributed by atoms with Gasteiger partial charge in [-0.25, -0.2) is 13.7 Å². The van der Waals surface area contributed by atoms with Crippen LogP contribution >= 0.6 is 15.4 Å². The molecular weight excluding hydrogens is 266 g/mol. The molecule has 0 aliphatic carbocycles. The predicted octanol–water partition coefficient (Wildman–Crippen LogP) is -0.495. The van der Waals surface area contributed by atoms with Gasteiger partial charge in [-0.2, -0.15) is 0 Å². The van der Waals surface area contributed by atoms with Crippen molar-refractivity contribution in [1.29, 1.82) is 0 Å². The summed E-state index contributed by atoms with van der Waals surface area (Å²) in [6.07, 6.45) is 0. The minimum Gasteiger partial charge on any atom is -0.479 e. The number of aliphatic hydroxyl groups is 1. The fourth-order valence-electron chi connectivity index (χ4n) is 0.719. The standard InChI is InChI=1S/C5H12O9P2/c1-3(5(2,8)4(6)7)15(9,10)14-16(11,12)13/h3,8H,1-2H3,(H,6,7)(H,9,10)(H2,11,12,13). The lowest BCUT2D eigenvalue weighted by Crippen LogP contribution is -2.45. The van der Waals surface area contributed by atoms with Crippen molar-refractivity contribution >= 4 is 21.4 Å². The molecule has 3 unspecified atom stereocenters. The summed E-state index contributed by atoms with van der Waals surface area (Å²) in [5.74, 6) is -1.82. The average molecular weight is 278 g/mol. The van der Waals surface area contributed by atoms with Crippen LogP contribution in [-0.4, -0.2) is 42.1 Å². The van der Waals surface area contributed by atoms with Gasteiger partial charge in [-0.1, -0.05) is 0 Å². The van der Waals surface area contributed by atoms with Crippen molar-refractivity contribution in [2.24, 2.45) is 0 Å². The Morgan fingerprint density at radius 1 is 1.31 bits per heavy atom. The highest BCUT2D eigenvalue weighted by atomic mass is 31.3. The summed E-state index contributed by atoms with van der Waals surface area (Å²) < 4.78 is 25.2. The summed E-state index contributed by atoms with van der Waals surface area (Å²) in [7, 11) is -10.2. The molecule has 0 rings (SSSR count). The highest BCUT2D eigenvalue weighted by Gasteiger charge is 2.50. The van der Waals surface area contributed by atoms with E-state index >= 15 is 0 Å². The van der Waals surface area contributed by atoms with Crippen LogP contribution in [0.1, 0.15) is 13.8 Å². The largest absolute Gasteiger partial charge is 0.479 e. The molecule has 0 spiro atoms. The molecule has 0 aromatic carbocycles. The number of hydrogen-bond donors (Lipinski definition) is 5. The van der Waals surface area contributed by atoms with Crippen molar-refractivity contribution in [1.82, 2.24) is 0 Å². The van der Waals surface area contributed by atoms with Gasteiger partial charge >= 0.3 is 21.4 Å². The quantitative estimate of drug-likeness (QED) is 0.417. The van der Waals surface area contributed by atoms with E-state index in [1.54, 1.807) is 0 Å². The molecule has 3 atom stereocenters. The smallest absolute Gasteiger partial charge is 0.476 e. The number of hydrogen-bond acceptors (Lipinski definition) is 5. The van der Waals surface area contributed by atoms with Gasteiger partial charge in [0, 0.05) is 0 Å². The van der Waals surface area contributed by atoms with Gasteiger partial charge in [-0.15, -0.1) is 0 Å². The molecule has 16 heavy (non-hydrogen) atoms. The van der Waals surface area contributed by atoms with Crippen LogP contribution in [0.4, 0.5) is 0 Å². The Morgan fingerprint density at radius 3 is 1.94 bits per heavy atom. The van der Waals surface area contributed by atoms with Crippen molar-refractivity contribution in [3.63, 3.8) is 0 Å². The zero-order valence-electron chi connectivity index (χ0n) is 8.34. The molecule has 11 heteroatoms. The van der Waals surface area contributed by atoms with Crippen molar-refractivity contribution in [3.8, 4) is 0 Å². The van der Waals surface area contributed by atoms with E-state index in [4.69, 9.17) is 19.8 Å². The summed E-state index contributed by atoms with van der Waals surface area (Å²) in [6, 6.07) is 0. The first kappa shape index (κ1) is 15.7. The van der Waals surface area contributed by atoms with Gasteiger partial charge in [0.15, 0.2) is 5.60 Å². The van der Waals surface area contributed by atoms with Crippen LogP contribution < -0.4 is 0 Å². The fourth-order valence-corrected chi connectivity index (χ4v) is 3.25. The zero-order valence-corrected chi connectivity index (χ0v) is 10.1. The Labute approximate surface area is 90.5 Å². The first-order chi connectivity index (χ1) is 6.81. The average Bonchev–Trinajstić information content (AvgIpc) is 1.97. The van der Waals surface area contributed by atoms with Crippen LogP contribution in [0.3, 0.4) is 0 Å². The SMILES string of the molecule is CC(C(C)(O)C(=O)O)P(=O)(O)OP(=O)(O)O. The van der Waals surface area contributed by atoms with Crippen LogP contribution in [0.25, 0.3) is 0 Å². The van der Waals surface area contributed by atoms with Gasteiger partial charge in [0.25, 0.3) is 0 Å². The number of phosphoric acid groups is 1. The topological polar surface area (TPSA) is 162 Å². The number of aliphatic carboxylic acids is 1. The van der Waals surface area contributed by atoms with Crippen molar-refractivity contribution < 1.29 is 43.1 Å². The minimum atomic E-state index is -5.26. The van der Waals surface area contributed by atoms with Crippen LogP contribution in [-0.2, 0) is 18.2 Å². The maximum absolute atomic E-state index is 11.3. The summed E-state index contributed by atoms with van der Waals surface area (Å²) >= 11 is 0. The Morgan fingerprint density at radius 2 is 1.69 bits per heavy atom. The normalized spacial score (nSPS) is 21.9. The van der Waals surface area contributed by atoms with Crippen LogP contribution in [0.2, 0.25) is 0 Å². The second-order valence-electron chi connectivity index (χ2n) is 3.26. The molecule has 0 aromatic rings. The number of carboxylic acids is 1. The lowest BCUT2D eigenvalue weighted by atomic mass is 10.0. The third-order valence-corrected chi connectivity index (χ3v) is 5.23. The minimum absolute atomic E-state index is 0.714. The third kappa shape index (κ3) is 3.95. The molecule has 0 heterocycles. The molecule has 0 aliphatic heterocycles. The van der Waals surface area contributed by atoms with E-state index in [-0.39, 0.29) is 0 Å². The van der Waals surface area contributed by atoms with E-state index in [1.165, 1.54) is 0 Å². The zero-order chi connectivity index (χ0) is 13.4. The van der Waals surface area contributed by atoms with E-state index in [0.29, 0.717) is 6.92 Å².